The van der Waals surface area contributed by atoms with Crippen LogP contribution in [-0.2, 0) is 16.1 Å². The van der Waals surface area contributed by atoms with E-state index in [1.54, 1.807) is 20.8 Å². The molecule has 2 N–H and O–H groups in total. The Morgan fingerprint density at radius 1 is 0.971 bits per heavy atom. The predicted octanol–water partition coefficient (Wildman–Crippen LogP) is 5.47. The van der Waals surface area contributed by atoms with Gasteiger partial charge in [-0.1, -0.05) is 42.5 Å². The molecule has 1 aromatic heterocycles. The minimum Gasteiger partial charge on any atom is -0.445 e. The van der Waals surface area contributed by atoms with Crippen molar-refractivity contribution in [2.24, 2.45) is 0 Å². The molecule has 2 amide bonds. The first-order valence-electron chi connectivity index (χ1n) is 11.5. The van der Waals surface area contributed by atoms with Crippen LogP contribution in [0.15, 0.2) is 54.6 Å². The Kier molecular flexibility index (Phi) is 9.19. The number of rotatable bonds is 10. The zero-order chi connectivity index (χ0) is 25.3. The van der Waals surface area contributed by atoms with Gasteiger partial charge in [0.2, 0.25) is 5.78 Å². The molecule has 0 saturated carbocycles. The maximum absolute atomic E-state index is 13.2. The maximum Gasteiger partial charge on any atom is 0.408 e. The summed E-state index contributed by atoms with van der Waals surface area (Å²) in [6.45, 7) is 5.88. The lowest BCUT2D eigenvalue weighted by Gasteiger charge is -2.22. The zero-order valence-electron chi connectivity index (χ0n) is 20.2. The van der Waals surface area contributed by atoms with Gasteiger partial charge in [0.25, 0.3) is 0 Å². The molecule has 0 aliphatic heterocycles. The Balaban J connectivity index is 1.51. The molecule has 0 bridgehead atoms. The average molecular weight is 498 g/mol. The summed E-state index contributed by atoms with van der Waals surface area (Å²) < 4.78 is 11.4. The Morgan fingerprint density at radius 3 is 2.40 bits per heavy atom. The second kappa shape index (κ2) is 12.3. The van der Waals surface area contributed by atoms with Crippen molar-refractivity contribution in [3.8, 4) is 0 Å². The number of alkyl carbamates (subject to hydrolysis) is 2. The highest BCUT2D eigenvalue weighted by molar-refractivity contribution is 7.20. The molecule has 0 aliphatic rings. The Hall–Kier alpha value is -3.46. The number of hydrogen-bond acceptors (Lipinski definition) is 7. The summed E-state index contributed by atoms with van der Waals surface area (Å²) in [6.07, 6.45) is 0.438. The van der Waals surface area contributed by atoms with Gasteiger partial charge in [-0.25, -0.2) is 14.6 Å². The van der Waals surface area contributed by atoms with Crippen molar-refractivity contribution in [3.63, 3.8) is 0 Å². The number of fused-ring (bicyclic) bond motifs is 1. The Labute approximate surface area is 209 Å². The minimum atomic E-state index is -0.782. The van der Waals surface area contributed by atoms with Crippen LogP contribution in [0.4, 0.5) is 9.59 Å². The van der Waals surface area contributed by atoms with E-state index in [0.717, 1.165) is 15.8 Å². The van der Waals surface area contributed by atoms with Gasteiger partial charge in [-0.15, -0.1) is 11.3 Å². The van der Waals surface area contributed by atoms with Crippen LogP contribution < -0.4 is 10.6 Å². The lowest BCUT2D eigenvalue weighted by atomic mass is 10.1. The van der Waals surface area contributed by atoms with E-state index >= 15 is 0 Å². The monoisotopic (exact) mass is 497 g/mol. The highest BCUT2D eigenvalue weighted by Crippen LogP contribution is 2.23. The van der Waals surface area contributed by atoms with E-state index in [2.05, 4.69) is 15.6 Å². The second-order valence-corrected chi connectivity index (χ2v) is 10.1. The average Bonchev–Trinajstić information content (AvgIpc) is 3.25. The highest BCUT2D eigenvalue weighted by atomic mass is 32.1. The number of thiazole rings is 1. The number of para-hydroxylation sites is 1. The van der Waals surface area contributed by atoms with E-state index in [-0.39, 0.29) is 12.4 Å². The number of Topliss-reactive ketones (excluding diaryl/α,β-unsaturated/α-hetero) is 1. The molecule has 1 unspecified atom stereocenters. The van der Waals surface area contributed by atoms with Gasteiger partial charge >= 0.3 is 12.2 Å². The maximum atomic E-state index is 13.2. The number of nitrogens with one attached hydrogen (secondary N) is 2. The molecule has 2 aromatic carbocycles. The van der Waals surface area contributed by atoms with Crippen molar-refractivity contribution in [1.29, 1.82) is 0 Å². The third-order valence-corrected chi connectivity index (χ3v) is 5.96. The minimum absolute atomic E-state index is 0.200. The normalized spacial score (nSPS) is 12.1. The predicted molar refractivity (Wildman–Crippen MR) is 136 cm³/mol. The first kappa shape index (κ1) is 26.2. The van der Waals surface area contributed by atoms with Crippen molar-refractivity contribution in [1.82, 2.24) is 15.6 Å². The molecule has 0 aliphatic carbocycles. The summed E-state index contributed by atoms with van der Waals surface area (Å²) in [5.41, 5.74) is 0.972. The van der Waals surface area contributed by atoms with E-state index in [1.165, 1.54) is 11.3 Å². The van der Waals surface area contributed by atoms with Crippen LogP contribution in [0.3, 0.4) is 0 Å². The number of aromatic nitrogens is 1. The van der Waals surface area contributed by atoms with Gasteiger partial charge in [-0.3, -0.25) is 4.79 Å². The van der Waals surface area contributed by atoms with E-state index in [1.807, 2.05) is 54.6 Å². The number of ether oxygens (including phenoxy) is 2. The molecular formula is C26H31N3O5S. The van der Waals surface area contributed by atoms with Crippen molar-refractivity contribution in [2.45, 2.75) is 58.3 Å². The fourth-order valence-corrected chi connectivity index (χ4v) is 4.24. The van der Waals surface area contributed by atoms with Crippen LogP contribution in [0.2, 0.25) is 0 Å². The van der Waals surface area contributed by atoms with Crippen LogP contribution in [0, 0.1) is 0 Å². The number of benzene rings is 2. The van der Waals surface area contributed by atoms with Crippen molar-refractivity contribution < 1.29 is 23.9 Å². The number of hydrogen-bond donors (Lipinski definition) is 2. The number of ketones is 1. The van der Waals surface area contributed by atoms with Gasteiger partial charge in [0, 0.05) is 6.54 Å². The van der Waals surface area contributed by atoms with Crippen molar-refractivity contribution in [3.05, 3.63) is 65.2 Å². The molecule has 1 atom stereocenters. The third kappa shape index (κ3) is 8.68. The highest BCUT2D eigenvalue weighted by Gasteiger charge is 2.27. The first-order valence-corrected chi connectivity index (χ1v) is 12.4. The summed E-state index contributed by atoms with van der Waals surface area (Å²) >= 11 is 1.30. The molecule has 3 aromatic rings. The summed E-state index contributed by atoms with van der Waals surface area (Å²) in [5.74, 6) is -0.257. The van der Waals surface area contributed by atoms with E-state index in [4.69, 9.17) is 9.47 Å². The molecule has 35 heavy (non-hydrogen) atoms. The number of carbonyl (C=O) groups excluding carboxylic acids is 3. The molecular weight excluding hydrogens is 466 g/mol. The summed E-state index contributed by atoms with van der Waals surface area (Å²) in [6, 6.07) is 16.2. The Morgan fingerprint density at radius 2 is 1.69 bits per heavy atom. The standard InChI is InChI=1S/C26H31N3O5S/c1-26(2,3)34-25(32)29-20(22(30)23-28-19-13-7-8-15-21(19)35-23)14-9-10-16-27-24(31)33-17-18-11-5-4-6-12-18/h4-8,11-13,15,20H,9-10,14,16-17H2,1-3H3,(H,27,31)(H,29,32). The molecule has 0 spiro atoms. The fourth-order valence-electron chi connectivity index (χ4n) is 3.28. The smallest absolute Gasteiger partial charge is 0.408 e. The molecule has 0 saturated heterocycles. The van der Waals surface area contributed by atoms with Gasteiger partial charge in [0.1, 0.15) is 12.2 Å². The summed E-state index contributed by atoms with van der Waals surface area (Å²) in [7, 11) is 0. The first-order chi connectivity index (χ1) is 16.7. The van der Waals surface area contributed by atoms with E-state index in [9.17, 15) is 14.4 Å². The number of carbonyl (C=O) groups is 3. The largest absolute Gasteiger partial charge is 0.445 e. The van der Waals surface area contributed by atoms with Gasteiger partial charge in [0.15, 0.2) is 5.01 Å². The quantitative estimate of drug-likeness (QED) is 0.284. The number of amides is 2. The lowest BCUT2D eigenvalue weighted by molar-refractivity contribution is 0.0488. The Bertz CT molecular complexity index is 1110. The molecule has 3 rings (SSSR count). The van der Waals surface area contributed by atoms with E-state index < -0.39 is 23.8 Å². The molecule has 1 heterocycles. The molecule has 186 valence electrons. The van der Waals surface area contributed by atoms with Crippen LogP contribution in [0.25, 0.3) is 10.2 Å². The molecule has 0 fully saturated rings. The van der Waals surface area contributed by atoms with Gasteiger partial charge in [-0.05, 0) is 57.7 Å². The second-order valence-electron chi connectivity index (χ2n) is 9.03. The van der Waals surface area contributed by atoms with Gasteiger partial charge < -0.3 is 20.1 Å². The van der Waals surface area contributed by atoms with Crippen LogP contribution in [0.1, 0.15) is 55.4 Å². The van der Waals surface area contributed by atoms with Crippen molar-refractivity contribution >= 4 is 39.5 Å². The van der Waals surface area contributed by atoms with E-state index in [0.29, 0.717) is 30.8 Å². The topological polar surface area (TPSA) is 107 Å². The molecule has 8 nitrogen and oxygen atoms in total. The summed E-state index contributed by atoms with van der Waals surface area (Å²) in [4.78, 5) is 41.9. The van der Waals surface area contributed by atoms with Crippen molar-refractivity contribution in [2.75, 3.05) is 6.54 Å². The molecule has 9 heteroatoms. The van der Waals surface area contributed by atoms with Gasteiger partial charge in [-0.2, -0.15) is 0 Å². The van der Waals surface area contributed by atoms with Crippen LogP contribution >= 0.6 is 11.3 Å². The number of nitrogens with zero attached hydrogens (tertiary/aromatic N) is 1. The summed E-state index contributed by atoms with van der Waals surface area (Å²) in [5, 5.41) is 5.75. The molecule has 0 radical (unpaired) electrons. The van der Waals surface area contributed by atoms with Gasteiger partial charge in [0.05, 0.1) is 16.3 Å². The lowest BCUT2D eigenvalue weighted by Crippen LogP contribution is -2.43. The van der Waals surface area contributed by atoms with Crippen LogP contribution in [-0.4, -0.2) is 41.1 Å². The zero-order valence-corrected chi connectivity index (χ0v) is 21.0. The third-order valence-electron chi connectivity index (χ3n) is 4.91. The SMILES string of the molecule is CC(C)(C)OC(=O)NC(CCCCNC(=O)OCc1ccccc1)C(=O)c1nc2ccccc2s1. The van der Waals surface area contributed by atoms with Crippen LogP contribution in [0.5, 0.6) is 0 Å². The number of unbranched alkanes of at least 4 members (excludes halogenated alkanes) is 1. The fraction of sp³-hybridized carbons (Fsp3) is 0.385.